The number of ether oxygens (including phenoxy) is 1. The van der Waals surface area contributed by atoms with Crippen LogP contribution in [0.4, 0.5) is 4.79 Å². The molecule has 0 radical (unpaired) electrons. The summed E-state index contributed by atoms with van der Waals surface area (Å²) in [5.41, 5.74) is 3.53. The van der Waals surface area contributed by atoms with E-state index in [0.717, 1.165) is 35.6 Å². The molecule has 1 amide bonds. The van der Waals surface area contributed by atoms with Crippen molar-refractivity contribution in [1.82, 2.24) is 24.9 Å². The molecule has 0 fully saturated rings. The Balaban J connectivity index is 1.36. The molecule has 1 aromatic heterocycles. The predicted molar refractivity (Wildman–Crippen MR) is 142 cm³/mol. The van der Waals surface area contributed by atoms with E-state index in [4.69, 9.17) is 4.74 Å². The van der Waals surface area contributed by atoms with E-state index in [1.165, 1.54) is 5.56 Å². The molecule has 8 nitrogen and oxygen atoms in total. The Morgan fingerprint density at radius 3 is 2.32 bits per heavy atom. The second kappa shape index (κ2) is 11.1. The van der Waals surface area contributed by atoms with Crippen molar-refractivity contribution < 1.29 is 14.3 Å². The van der Waals surface area contributed by atoms with E-state index in [0.29, 0.717) is 17.4 Å². The molecule has 3 aromatic carbocycles. The number of para-hydroxylation sites is 1. The number of carbonyl (C=O) groups is 2. The minimum atomic E-state index is -0.637. The summed E-state index contributed by atoms with van der Waals surface area (Å²) in [6.45, 7) is 3.17. The molecular formula is C29H29N5O3. The van der Waals surface area contributed by atoms with Crippen molar-refractivity contribution in [2.75, 3.05) is 26.7 Å². The molecule has 1 N–H and O–H groups in total. The molecule has 37 heavy (non-hydrogen) atoms. The Labute approximate surface area is 215 Å². The number of rotatable bonds is 6. The Bertz CT molecular complexity index is 1420. The van der Waals surface area contributed by atoms with Gasteiger partial charge < -0.3 is 15.0 Å². The molecule has 5 rings (SSSR count). The van der Waals surface area contributed by atoms with Crippen LogP contribution in [-0.4, -0.2) is 58.3 Å². The quantitative estimate of drug-likeness (QED) is 0.431. The first-order valence-corrected chi connectivity index (χ1v) is 12.2. The van der Waals surface area contributed by atoms with Gasteiger partial charge in [-0.1, -0.05) is 78.9 Å². The third kappa shape index (κ3) is 5.87. The normalized spacial score (nSPS) is 14.2. The number of nitrogens with zero attached hydrogens (tertiary/aromatic N) is 4. The zero-order chi connectivity index (χ0) is 25.6. The van der Waals surface area contributed by atoms with Gasteiger partial charge >= 0.3 is 6.09 Å². The Hall–Kier alpha value is -4.43. The van der Waals surface area contributed by atoms with Gasteiger partial charge in [-0.05, 0) is 24.2 Å². The summed E-state index contributed by atoms with van der Waals surface area (Å²) in [4.78, 5) is 30.7. The average molecular weight is 496 g/mol. The molecule has 0 bridgehead atoms. The third-order valence-electron chi connectivity index (χ3n) is 6.23. The molecule has 188 valence electrons. The fraction of sp³-hybridized carbons (Fsp3) is 0.207. The van der Waals surface area contributed by atoms with Crippen molar-refractivity contribution in [3.63, 3.8) is 0 Å². The largest absolute Gasteiger partial charge is 0.443 e. The van der Waals surface area contributed by atoms with E-state index in [1.54, 1.807) is 18.2 Å². The highest BCUT2D eigenvalue weighted by molar-refractivity contribution is 6.07. The van der Waals surface area contributed by atoms with Gasteiger partial charge in [-0.25, -0.2) is 4.79 Å². The molecule has 0 aliphatic carbocycles. The van der Waals surface area contributed by atoms with Gasteiger partial charge in [-0.15, -0.1) is 0 Å². The maximum atomic E-state index is 13.4. The maximum absolute atomic E-state index is 13.4. The summed E-state index contributed by atoms with van der Waals surface area (Å²) in [7, 11) is 2.03. The third-order valence-corrected chi connectivity index (χ3v) is 6.23. The van der Waals surface area contributed by atoms with Crippen LogP contribution in [0.3, 0.4) is 0 Å². The van der Waals surface area contributed by atoms with Crippen molar-refractivity contribution in [2.24, 2.45) is 0 Å². The van der Waals surface area contributed by atoms with Gasteiger partial charge in [0, 0.05) is 43.5 Å². The molecule has 0 saturated carbocycles. The molecule has 4 aromatic rings. The average Bonchev–Trinajstić information content (AvgIpc) is 3.22. The van der Waals surface area contributed by atoms with Crippen LogP contribution in [0.15, 0.2) is 96.8 Å². The molecule has 2 heterocycles. The number of amides is 1. The first kappa shape index (κ1) is 24.3. The van der Waals surface area contributed by atoms with Crippen molar-refractivity contribution in [1.29, 1.82) is 0 Å². The molecule has 8 heteroatoms. The Morgan fingerprint density at radius 2 is 1.57 bits per heavy atom. The SMILES string of the molecule is CN1CCN(Cc2ccccc2)C=C(NC(=O)c2nn(C(=O)OCc3ccccc3)c3ccccc23)C1. The number of nitrogens with one attached hydrogen (secondary N) is 1. The number of hydrogen-bond acceptors (Lipinski definition) is 6. The molecule has 0 saturated heterocycles. The lowest BCUT2D eigenvalue weighted by Crippen LogP contribution is -2.31. The van der Waals surface area contributed by atoms with Gasteiger partial charge in [0.15, 0.2) is 5.69 Å². The summed E-state index contributed by atoms with van der Waals surface area (Å²) in [5, 5.41) is 7.99. The van der Waals surface area contributed by atoms with Crippen molar-refractivity contribution >= 4 is 22.9 Å². The topological polar surface area (TPSA) is 79.7 Å². The minimum absolute atomic E-state index is 0.117. The van der Waals surface area contributed by atoms with Crippen LogP contribution in [0.5, 0.6) is 0 Å². The van der Waals surface area contributed by atoms with E-state index in [9.17, 15) is 9.59 Å². The van der Waals surface area contributed by atoms with Crippen LogP contribution in [0.25, 0.3) is 10.9 Å². The van der Waals surface area contributed by atoms with E-state index in [-0.39, 0.29) is 18.2 Å². The number of carbonyl (C=O) groups excluding carboxylic acids is 2. The second-order valence-electron chi connectivity index (χ2n) is 9.12. The lowest BCUT2D eigenvalue weighted by atomic mass is 10.2. The number of likely N-dealkylation sites (N-methyl/N-ethyl adjacent to an activating group) is 1. The highest BCUT2D eigenvalue weighted by atomic mass is 16.6. The first-order chi connectivity index (χ1) is 18.1. The monoisotopic (exact) mass is 495 g/mol. The maximum Gasteiger partial charge on any atom is 0.435 e. The molecule has 0 atom stereocenters. The fourth-order valence-corrected chi connectivity index (χ4v) is 4.37. The summed E-state index contributed by atoms with van der Waals surface area (Å²) in [6, 6.07) is 26.8. The van der Waals surface area contributed by atoms with Crippen LogP contribution in [0.1, 0.15) is 21.6 Å². The smallest absolute Gasteiger partial charge is 0.435 e. The van der Waals surface area contributed by atoms with E-state index in [2.05, 4.69) is 32.3 Å². The molecule has 1 aliphatic heterocycles. The van der Waals surface area contributed by atoms with E-state index < -0.39 is 6.09 Å². The zero-order valence-corrected chi connectivity index (χ0v) is 20.7. The standard InChI is InChI=1S/C29H29N5O3/c1-32-16-17-33(18-22-10-4-2-5-11-22)20-24(19-32)30-28(35)27-25-14-8-9-15-26(25)34(31-27)29(36)37-21-23-12-6-3-7-13-23/h2-15,20H,16-19,21H2,1H3,(H,30,35). The van der Waals surface area contributed by atoms with Gasteiger partial charge in [0.1, 0.15) is 6.61 Å². The highest BCUT2D eigenvalue weighted by Crippen LogP contribution is 2.20. The summed E-state index contributed by atoms with van der Waals surface area (Å²) in [6.07, 6.45) is 1.36. The fourth-order valence-electron chi connectivity index (χ4n) is 4.37. The van der Waals surface area contributed by atoms with Crippen molar-refractivity contribution in [3.8, 4) is 0 Å². The molecule has 0 spiro atoms. The summed E-state index contributed by atoms with van der Waals surface area (Å²) < 4.78 is 6.63. The van der Waals surface area contributed by atoms with E-state index in [1.807, 2.05) is 67.8 Å². The molecule has 0 unspecified atom stereocenters. The number of aromatic nitrogens is 2. The van der Waals surface area contributed by atoms with Gasteiger partial charge in [0.2, 0.25) is 0 Å². The molecule has 1 aliphatic rings. The van der Waals surface area contributed by atoms with Crippen LogP contribution < -0.4 is 5.32 Å². The van der Waals surface area contributed by atoms with E-state index >= 15 is 0 Å². The van der Waals surface area contributed by atoms with Gasteiger partial charge in [0.05, 0.1) is 5.52 Å². The lowest BCUT2D eigenvalue weighted by molar-refractivity contribution is 0.0958. The van der Waals surface area contributed by atoms with Crippen LogP contribution in [-0.2, 0) is 17.9 Å². The number of fused-ring (bicyclic) bond motifs is 1. The highest BCUT2D eigenvalue weighted by Gasteiger charge is 2.23. The zero-order valence-electron chi connectivity index (χ0n) is 20.7. The second-order valence-corrected chi connectivity index (χ2v) is 9.12. The molecular weight excluding hydrogens is 466 g/mol. The summed E-state index contributed by atoms with van der Waals surface area (Å²) >= 11 is 0. The van der Waals surface area contributed by atoms with Crippen molar-refractivity contribution in [3.05, 3.63) is 114 Å². The number of hydrogen-bond donors (Lipinski definition) is 1. The number of benzene rings is 3. The Morgan fingerprint density at radius 1 is 0.892 bits per heavy atom. The Kier molecular flexibility index (Phi) is 7.28. The summed E-state index contributed by atoms with van der Waals surface area (Å²) in [5.74, 6) is -0.368. The van der Waals surface area contributed by atoms with Gasteiger partial charge in [-0.3, -0.25) is 9.69 Å². The lowest BCUT2D eigenvalue weighted by Gasteiger charge is -2.20. The first-order valence-electron chi connectivity index (χ1n) is 12.2. The van der Waals surface area contributed by atoms with Crippen LogP contribution in [0.2, 0.25) is 0 Å². The predicted octanol–water partition coefficient (Wildman–Crippen LogP) is 4.24. The van der Waals surface area contributed by atoms with Crippen molar-refractivity contribution in [2.45, 2.75) is 13.2 Å². The van der Waals surface area contributed by atoms with Gasteiger partial charge in [0.25, 0.3) is 5.91 Å². The minimum Gasteiger partial charge on any atom is -0.443 e. The van der Waals surface area contributed by atoms with Crippen LogP contribution in [0, 0.1) is 0 Å². The van der Waals surface area contributed by atoms with Gasteiger partial charge in [-0.2, -0.15) is 9.78 Å². The van der Waals surface area contributed by atoms with Crippen LogP contribution >= 0.6 is 0 Å².